The van der Waals surface area contributed by atoms with Crippen LogP contribution in [0.3, 0.4) is 0 Å². The highest BCUT2D eigenvalue weighted by Crippen LogP contribution is 2.30. The van der Waals surface area contributed by atoms with Gasteiger partial charge in [-0.3, -0.25) is 4.90 Å². The molecule has 1 atom stereocenters. The molecule has 2 N–H and O–H groups in total. The fraction of sp³-hybridized carbons (Fsp3) is 0.385. The van der Waals surface area contributed by atoms with Crippen molar-refractivity contribution < 1.29 is 4.52 Å². The van der Waals surface area contributed by atoms with E-state index in [0.717, 1.165) is 33.0 Å². The Balaban J connectivity index is 1.91. The highest BCUT2D eigenvalue weighted by Gasteiger charge is 2.26. The van der Waals surface area contributed by atoms with Gasteiger partial charge in [0.25, 0.3) is 5.89 Å². The average molecular weight is 402 g/mol. The minimum absolute atomic E-state index is 0.218. The maximum absolute atomic E-state index is 5.99. The van der Waals surface area contributed by atoms with E-state index in [-0.39, 0.29) is 6.04 Å². The molecule has 0 aliphatic carbocycles. The fourth-order valence-electron chi connectivity index (χ4n) is 2.15. The number of nitrogen functional groups attached to an aromatic ring is 1. The molecule has 0 radical (unpaired) electrons. The maximum atomic E-state index is 5.99. The van der Waals surface area contributed by atoms with Crippen LogP contribution in [-0.2, 0) is 0 Å². The van der Waals surface area contributed by atoms with Gasteiger partial charge in [-0.1, -0.05) is 5.16 Å². The minimum atomic E-state index is 0.218. The molecule has 1 aromatic heterocycles. The van der Waals surface area contributed by atoms with Crippen LogP contribution in [0.15, 0.2) is 22.7 Å². The monoisotopic (exact) mass is 402 g/mol. The van der Waals surface area contributed by atoms with Crippen molar-refractivity contribution in [3.05, 3.63) is 27.6 Å². The number of aromatic nitrogens is 2. The van der Waals surface area contributed by atoms with Gasteiger partial charge in [0.1, 0.15) is 0 Å². The van der Waals surface area contributed by atoms with Crippen molar-refractivity contribution in [3.63, 3.8) is 0 Å². The number of hydrogen-bond donors (Lipinski definition) is 1. The van der Waals surface area contributed by atoms with Gasteiger partial charge in [0.2, 0.25) is 0 Å². The number of thioether (sulfide) groups is 1. The minimum Gasteiger partial charge on any atom is -0.398 e. The molecule has 0 saturated carbocycles. The van der Waals surface area contributed by atoms with Gasteiger partial charge in [-0.25, -0.2) is 0 Å². The third-order valence-electron chi connectivity index (χ3n) is 3.38. The van der Waals surface area contributed by atoms with E-state index in [9.17, 15) is 0 Å². The molecule has 1 unspecified atom stereocenters. The molecular weight excluding hydrogens is 387 g/mol. The molecule has 0 spiro atoms. The Labute approximate surface area is 135 Å². The second-order valence-corrected chi connectivity index (χ2v) is 7.16. The molecule has 3 rings (SSSR count). The fourth-order valence-corrected chi connectivity index (χ4v) is 3.85. The number of anilines is 1. The van der Waals surface area contributed by atoms with Gasteiger partial charge in [0.05, 0.1) is 11.6 Å². The van der Waals surface area contributed by atoms with E-state index in [1.165, 1.54) is 0 Å². The first-order chi connectivity index (χ1) is 9.65. The summed E-state index contributed by atoms with van der Waals surface area (Å²) in [6, 6.07) is 6.01. The number of rotatable bonds is 2. The van der Waals surface area contributed by atoms with E-state index >= 15 is 0 Å². The molecule has 1 saturated heterocycles. The van der Waals surface area contributed by atoms with Crippen LogP contribution in [-0.4, -0.2) is 40.1 Å². The van der Waals surface area contributed by atoms with Gasteiger partial charge in [-0.15, -0.1) is 0 Å². The lowest BCUT2D eigenvalue weighted by Gasteiger charge is -2.29. The summed E-state index contributed by atoms with van der Waals surface area (Å²) in [5, 5.41) is 4.14. The number of nitrogens with two attached hydrogens (primary N) is 1. The first-order valence-electron chi connectivity index (χ1n) is 6.32. The van der Waals surface area contributed by atoms with E-state index in [2.05, 4.69) is 44.7 Å². The van der Waals surface area contributed by atoms with E-state index in [4.69, 9.17) is 10.3 Å². The largest absolute Gasteiger partial charge is 0.398 e. The van der Waals surface area contributed by atoms with Crippen molar-refractivity contribution in [2.45, 2.75) is 6.04 Å². The molecule has 0 amide bonds. The summed E-state index contributed by atoms with van der Waals surface area (Å²) in [7, 11) is 2.10. The van der Waals surface area contributed by atoms with E-state index < -0.39 is 0 Å². The summed E-state index contributed by atoms with van der Waals surface area (Å²) in [5.41, 5.74) is 7.46. The van der Waals surface area contributed by atoms with Gasteiger partial charge in [0, 0.05) is 27.3 Å². The van der Waals surface area contributed by atoms with Crippen molar-refractivity contribution in [2.75, 3.05) is 30.8 Å². The van der Waals surface area contributed by atoms with Crippen LogP contribution in [0.1, 0.15) is 11.9 Å². The molecule has 20 heavy (non-hydrogen) atoms. The second kappa shape index (κ2) is 5.90. The van der Waals surface area contributed by atoms with Crippen LogP contribution in [0.4, 0.5) is 5.69 Å². The Morgan fingerprint density at radius 2 is 2.35 bits per heavy atom. The molecule has 1 aliphatic heterocycles. The summed E-state index contributed by atoms with van der Waals surface area (Å²) in [6.45, 7) is 1.05. The Morgan fingerprint density at radius 3 is 3.15 bits per heavy atom. The van der Waals surface area contributed by atoms with Crippen molar-refractivity contribution >= 4 is 40.0 Å². The number of nitrogens with zero attached hydrogens (tertiary/aromatic N) is 3. The van der Waals surface area contributed by atoms with Crippen molar-refractivity contribution in [1.82, 2.24) is 15.0 Å². The first-order valence-corrected chi connectivity index (χ1v) is 8.55. The molecule has 1 aromatic carbocycles. The number of hydrogen-bond acceptors (Lipinski definition) is 6. The summed E-state index contributed by atoms with van der Waals surface area (Å²) >= 11 is 4.17. The lowest BCUT2D eigenvalue weighted by molar-refractivity contribution is 0.257. The molecule has 1 aliphatic rings. The predicted molar refractivity (Wildman–Crippen MR) is 89.6 cm³/mol. The van der Waals surface area contributed by atoms with Crippen LogP contribution in [0.5, 0.6) is 0 Å². The van der Waals surface area contributed by atoms with Crippen LogP contribution in [0, 0.1) is 3.57 Å². The standard InChI is InChI=1S/C13H15IN4OS/c1-18-4-5-20-7-11(18)12-16-13(19-17-12)9-6-8(14)2-3-10(9)15/h2-3,6,11H,4-5,7,15H2,1H3. The van der Waals surface area contributed by atoms with Crippen molar-refractivity contribution in [2.24, 2.45) is 0 Å². The van der Waals surface area contributed by atoms with Gasteiger partial charge in [-0.2, -0.15) is 16.7 Å². The number of benzene rings is 1. The predicted octanol–water partition coefficient (Wildman–Crippen LogP) is 2.64. The van der Waals surface area contributed by atoms with Crippen molar-refractivity contribution in [1.29, 1.82) is 0 Å². The van der Waals surface area contributed by atoms with E-state index in [1.54, 1.807) is 0 Å². The molecule has 2 heterocycles. The zero-order valence-corrected chi connectivity index (χ0v) is 14.0. The third kappa shape index (κ3) is 2.79. The zero-order valence-electron chi connectivity index (χ0n) is 11.0. The highest BCUT2D eigenvalue weighted by molar-refractivity contribution is 14.1. The summed E-state index contributed by atoms with van der Waals surface area (Å²) < 4.78 is 6.50. The zero-order chi connectivity index (χ0) is 14.1. The summed E-state index contributed by atoms with van der Waals surface area (Å²) in [6.07, 6.45) is 0. The van der Waals surface area contributed by atoms with E-state index in [0.29, 0.717) is 11.6 Å². The lowest BCUT2D eigenvalue weighted by Crippen LogP contribution is -2.33. The lowest BCUT2D eigenvalue weighted by atomic mass is 10.2. The van der Waals surface area contributed by atoms with Crippen LogP contribution < -0.4 is 5.73 Å². The molecule has 2 aromatic rings. The van der Waals surface area contributed by atoms with E-state index in [1.807, 2.05) is 30.0 Å². The van der Waals surface area contributed by atoms with Gasteiger partial charge in [-0.05, 0) is 47.8 Å². The Morgan fingerprint density at radius 1 is 1.50 bits per heavy atom. The first kappa shape index (κ1) is 14.2. The Hall–Kier alpha value is -0.800. The Kier molecular flexibility index (Phi) is 4.18. The maximum Gasteiger partial charge on any atom is 0.260 e. The topological polar surface area (TPSA) is 68.2 Å². The molecule has 106 valence electrons. The molecule has 5 nitrogen and oxygen atoms in total. The SMILES string of the molecule is CN1CCSCC1c1noc(-c2cc(I)ccc2N)n1. The molecular formula is C13H15IN4OS. The number of halogens is 1. The average Bonchev–Trinajstić information content (AvgIpc) is 2.91. The summed E-state index contributed by atoms with van der Waals surface area (Å²) in [5.74, 6) is 3.40. The van der Waals surface area contributed by atoms with Crippen LogP contribution in [0.25, 0.3) is 11.5 Å². The van der Waals surface area contributed by atoms with Gasteiger partial charge in [0.15, 0.2) is 5.82 Å². The Bertz CT molecular complexity index is 618. The van der Waals surface area contributed by atoms with Gasteiger partial charge >= 0.3 is 0 Å². The van der Waals surface area contributed by atoms with Crippen molar-refractivity contribution in [3.8, 4) is 11.5 Å². The normalized spacial score (nSPS) is 20.2. The highest BCUT2D eigenvalue weighted by atomic mass is 127. The molecule has 0 bridgehead atoms. The van der Waals surface area contributed by atoms with Crippen LogP contribution >= 0.6 is 34.4 Å². The third-order valence-corrected chi connectivity index (χ3v) is 5.08. The quantitative estimate of drug-likeness (QED) is 0.616. The summed E-state index contributed by atoms with van der Waals surface area (Å²) in [4.78, 5) is 6.81. The van der Waals surface area contributed by atoms with Gasteiger partial charge < -0.3 is 10.3 Å². The molecule has 7 heteroatoms. The molecule has 1 fully saturated rings. The smallest absolute Gasteiger partial charge is 0.260 e. The second-order valence-electron chi connectivity index (χ2n) is 4.76. The van der Waals surface area contributed by atoms with Crippen LogP contribution in [0.2, 0.25) is 0 Å².